The third kappa shape index (κ3) is 7.40. The first-order valence-corrected chi connectivity index (χ1v) is 9.62. The zero-order valence-corrected chi connectivity index (χ0v) is 18.8. The Balaban J connectivity index is 0.00000338. The lowest BCUT2D eigenvalue weighted by molar-refractivity contribution is 0.0179. The highest BCUT2D eigenvalue weighted by atomic mass is 127. The van der Waals surface area contributed by atoms with Gasteiger partial charge in [-0.3, -0.25) is 9.89 Å². The number of rotatable bonds is 8. The van der Waals surface area contributed by atoms with Crippen LogP contribution in [0.25, 0.3) is 0 Å². The van der Waals surface area contributed by atoms with Crippen LogP contribution >= 0.6 is 24.0 Å². The largest absolute Gasteiger partial charge is 0.379 e. The summed E-state index contributed by atoms with van der Waals surface area (Å²) in [5.74, 6) is 1.00. The second kappa shape index (κ2) is 13.3. The number of hydrogen-bond acceptors (Lipinski definition) is 3. The Morgan fingerprint density at radius 2 is 1.92 bits per heavy atom. The Hall–Kier alpha value is -0.860. The summed E-state index contributed by atoms with van der Waals surface area (Å²) in [6.45, 7) is 10.6. The first-order chi connectivity index (χ1) is 12.3. The standard InChI is InChI=1S/C20H34N4O.HI/c1-4-6-12-23(3)20(21-5-2)22-17-19(18-10-8-7-9-11-18)24-13-15-25-16-14-24;/h7-11,19H,4-6,12-17H2,1-3H3,(H,21,22);1H. The minimum Gasteiger partial charge on any atom is -0.379 e. The Morgan fingerprint density at radius 1 is 1.23 bits per heavy atom. The van der Waals surface area contributed by atoms with Gasteiger partial charge in [-0.15, -0.1) is 24.0 Å². The number of ether oxygens (including phenoxy) is 1. The van der Waals surface area contributed by atoms with Crippen molar-refractivity contribution in [1.29, 1.82) is 0 Å². The van der Waals surface area contributed by atoms with Gasteiger partial charge in [-0.2, -0.15) is 0 Å². The van der Waals surface area contributed by atoms with Gasteiger partial charge in [-0.05, 0) is 18.9 Å². The van der Waals surface area contributed by atoms with E-state index in [1.165, 1.54) is 18.4 Å². The molecule has 2 rings (SSSR count). The maximum absolute atomic E-state index is 5.53. The molecule has 148 valence electrons. The van der Waals surface area contributed by atoms with E-state index < -0.39 is 0 Å². The summed E-state index contributed by atoms with van der Waals surface area (Å²) in [6.07, 6.45) is 2.39. The fourth-order valence-electron chi connectivity index (χ4n) is 3.14. The summed E-state index contributed by atoms with van der Waals surface area (Å²) in [5, 5.41) is 3.43. The summed E-state index contributed by atoms with van der Waals surface area (Å²) in [6, 6.07) is 11.0. The van der Waals surface area contributed by atoms with Gasteiger partial charge in [0.2, 0.25) is 0 Å². The molecule has 6 heteroatoms. The summed E-state index contributed by atoms with van der Waals surface area (Å²) < 4.78 is 5.53. The lowest BCUT2D eigenvalue weighted by Crippen LogP contribution is -2.42. The molecule has 0 radical (unpaired) electrons. The van der Waals surface area contributed by atoms with Gasteiger partial charge in [0.05, 0.1) is 25.8 Å². The van der Waals surface area contributed by atoms with Crippen molar-refractivity contribution in [2.24, 2.45) is 4.99 Å². The van der Waals surface area contributed by atoms with Crippen molar-refractivity contribution >= 4 is 29.9 Å². The molecular weight excluding hydrogens is 439 g/mol. The Labute approximate surface area is 176 Å². The fourth-order valence-corrected chi connectivity index (χ4v) is 3.14. The zero-order chi connectivity index (χ0) is 17.9. The second-order valence-corrected chi connectivity index (χ2v) is 6.54. The molecule has 1 aliphatic rings. The van der Waals surface area contributed by atoms with Crippen LogP contribution in [-0.2, 0) is 4.74 Å². The topological polar surface area (TPSA) is 40.1 Å². The van der Waals surface area contributed by atoms with Crippen molar-refractivity contribution in [1.82, 2.24) is 15.1 Å². The van der Waals surface area contributed by atoms with Gasteiger partial charge in [0.1, 0.15) is 0 Å². The molecule has 1 aromatic rings. The molecule has 1 unspecified atom stereocenters. The van der Waals surface area contributed by atoms with Gasteiger partial charge in [0.25, 0.3) is 0 Å². The van der Waals surface area contributed by atoms with Crippen LogP contribution in [0.4, 0.5) is 0 Å². The van der Waals surface area contributed by atoms with Crippen molar-refractivity contribution in [2.75, 3.05) is 53.0 Å². The van der Waals surface area contributed by atoms with Crippen LogP contribution in [0.1, 0.15) is 38.3 Å². The van der Waals surface area contributed by atoms with Crippen LogP contribution in [0, 0.1) is 0 Å². The molecular formula is C20H35IN4O. The molecule has 0 aromatic heterocycles. The molecule has 0 aliphatic carbocycles. The van der Waals surface area contributed by atoms with Gasteiger partial charge in [0, 0.05) is 33.2 Å². The van der Waals surface area contributed by atoms with Gasteiger partial charge in [-0.25, -0.2) is 0 Å². The molecule has 1 aromatic carbocycles. The van der Waals surface area contributed by atoms with Crippen LogP contribution in [0.2, 0.25) is 0 Å². The van der Waals surface area contributed by atoms with Gasteiger partial charge < -0.3 is 15.0 Å². The molecule has 0 amide bonds. The van der Waals surface area contributed by atoms with Crippen molar-refractivity contribution in [3.8, 4) is 0 Å². The minimum absolute atomic E-state index is 0. The zero-order valence-electron chi connectivity index (χ0n) is 16.5. The van der Waals surface area contributed by atoms with E-state index in [0.717, 1.165) is 51.9 Å². The number of unbranched alkanes of at least 4 members (excludes halogenated alkanes) is 1. The Kier molecular flexibility index (Phi) is 11.9. The quantitative estimate of drug-likeness (QED) is 0.357. The smallest absolute Gasteiger partial charge is 0.193 e. The molecule has 1 heterocycles. The van der Waals surface area contributed by atoms with Crippen LogP contribution in [0.5, 0.6) is 0 Å². The molecule has 1 N–H and O–H groups in total. The van der Waals surface area contributed by atoms with E-state index in [2.05, 4.69) is 66.3 Å². The normalized spacial score (nSPS) is 16.7. The van der Waals surface area contributed by atoms with Gasteiger partial charge in [0.15, 0.2) is 5.96 Å². The highest BCUT2D eigenvalue weighted by Crippen LogP contribution is 2.22. The third-order valence-corrected chi connectivity index (χ3v) is 4.63. The average molecular weight is 474 g/mol. The van der Waals surface area contributed by atoms with E-state index in [4.69, 9.17) is 9.73 Å². The van der Waals surface area contributed by atoms with E-state index >= 15 is 0 Å². The number of morpholine rings is 1. The van der Waals surface area contributed by atoms with Gasteiger partial charge in [-0.1, -0.05) is 43.7 Å². The minimum atomic E-state index is 0. The van der Waals surface area contributed by atoms with Crippen LogP contribution < -0.4 is 5.32 Å². The van der Waals surface area contributed by atoms with E-state index in [0.29, 0.717) is 6.04 Å². The Morgan fingerprint density at radius 3 is 2.54 bits per heavy atom. The van der Waals surface area contributed by atoms with E-state index in [-0.39, 0.29) is 24.0 Å². The monoisotopic (exact) mass is 474 g/mol. The SMILES string of the molecule is CCCCN(C)C(=NCC(c1ccccc1)N1CCOCC1)NCC.I. The Bertz CT molecular complexity index is 506. The molecule has 0 saturated carbocycles. The van der Waals surface area contributed by atoms with Crippen LogP contribution in [0.3, 0.4) is 0 Å². The maximum atomic E-state index is 5.53. The molecule has 1 aliphatic heterocycles. The summed E-state index contributed by atoms with van der Waals surface area (Å²) in [7, 11) is 2.13. The molecule has 0 spiro atoms. The number of hydrogen-bond donors (Lipinski definition) is 1. The average Bonchev–Trinajstić information content (AvgIpc) is 2.67. The number of halogens is 1. The van der Waals surface area contributed by atoms with Crippen LogP contribution in [-0.4, -0.2) is 68.7 Å². The van der Waals surface area contributed by atoms with E-state index in [1.807, 2.05) is 0 Å². The molecule has 5 nitrogen and oxygen atoms in total. The number of nitrogens with one attached hydrogen (secondary N) is 1. The number of aliphatic imine (C=N–C) groups is 1. The van der Waals surface area contributed by atoms with Gasteiger partial charge >= 0.3 is 0 Å². The molecule has 1 atom stereocenters. The fraction of sp³-hybridized carbons (Fsp3) is 0.650. The molecule has 1 fully saturated rings. The van der Waals surface area contributed by atoms with Crippen molar-refractivity contribution in [3.05, 3.63) is 35.9 Å². The maximum Gasteiger partial charge on any atom is 0.193 e. The van der Waals surface area contributed by atoms with Crippen molar-refractivity contribution < 1.29 is 4.74 Å². The molecule has 1 saturated heterocycles. The lowest BCUT2D eigenvalue weighted by atomic mass is 10.0. The number of benzene rings is 1. The number of guanidine groups is 1. The second-order valence-electron chi connectivity index (χ2n) is 6.54. The molecule has 26 heavy (non-hydrogen) atoms. The lowest BCUT2D eigenvalue weighted by Gasteiger charge is -2.34. The van der Waals surface area contributed by atoms with Crippen LogP contribution in [0.15, 0.2) is 35.3 Å². The summed E-state index contributed by atoms with van der Waals surface area (Å²) >= 11 is 0. The first-order valence-electron chi connectivity index (χ1n) is 9.62. The third-order valence-electron chi connectivity index (χ3n) is 4.63. The first kappa shape index (κ1) is 23.2. The highest BCUT2D eigenvalue weighted by Gasteiger charge is 2.22. The highest BCUT2D eigenvalue weighted by molar-refractivity contribution is 14.0. The van der Waals surface area contributed by atoms with E-state index in [9.17, 15) is 0 Å². The predicted octanol–water partition coefficient (Wildman–Crippen LogP) is 3.38. The summed E-state index contributed by atoms with van der Waals surface area (Å²) in [4.78, 5) is 9.71. The van der Waals surface area contributed by atoms with Crippen molar-refractivity contribution in [3.63, 3.8) is 0 Å². The predicted molar refractivity (Wildman–Crippen MR) is 121 cm³/mol. The molecule has 0 bridgehead atoms. The number of nitrogens with zero attached hydrogens (tertiary/aromatic N) is 3. The van der Waals surface area contributed by atoms with Crippen molar-refractivity contribution in [2.45, 2.75) is 32.7 Å². The summed E-state index contributed by atoms with van der Waals surface area (Å²) in [5.41, 5.74) is 1.33. The van der Waals surface area contributed by atoms with E-state index in [1.54, 1.807) is 0 Å².